The molecule has 0 spiro atoms. The Hall–Kier alpha value is -1.86. The van der Waals surface area contributed by atoms with Gasteiger partial charge in [0.1, 0.15) is 0 Å². The SMILES string of the molecule is C=CCNc1nnc(SCC(=O)Nc2ccccc2[C@@H](C)CC)s1. The molecule has 128 valence electrons. The number of para-hydroxylation sites is 1. The first-order chi connectivity index (χ1) is 11.6. The van der Waals surface area contributed by atoms with Gasteiger partial charge in [-0.15, -0.1) is 16.8 Å². The second-order valence-electron chi connectivity index (χ2n) is 5.28. The zero-order valence-electron chi connectivity index (χ0n) is 13.9. The van der Waals surface area contributed by atoms with Gasteiger partial charge < -0.3 is 10.6 Å². The number of carbonyl (C=O) groups is 1. The lowest BCUT2D eigenvalue weighted by atomic mass is 9.97. The average molecular weight is 363 g/mol. The van der Waals surface area contributed by atoms with Gasteiger partial charge in [-0.05, 0) is 24.0 Å². The van der Waals surface area contributed by atoms with Gasteiger partial charge in [0, 0.05) is 12.2 Å². The van der Waals surface area contributed by atoms with Gasteiger partial charge in [-0.3, -0.25) is 4.79 Å². The number of carbonyl (C=O) groups excluding carboxylic acids is 1. The maximum Gasteiger partial charge on any atom is 0.234 e. The third-order valence-corrected chi connectivity index (χ3v) is 5.52. The molecule has 1 amide bonds. The summed E-state index contributed by atoms with van der Waals surface area (Å²) < 4.78 is 0.770. The van der Waals surface area contributed by atoms with E-state index in [1.807, 2.05) is 18.2 Å². The molecule has 0 saturated heterocycles. The molecule has 2 N–H and O–H groups in total. The van der Waals surface area contributed by atoms with E-state index in [-0.39, 0.29) is 5.91 Å². The van der Waals surface area contributed by atoms with Gasteiger partial charge in [-0.2, -0.15) is 0 Å². The minimum Gasteiger partial charge on any atom is -0.357 e. The van der Waals surface area contributed by atoms with Crippen LogP contribution in [0.1, 0.15) is 31.7 Å². The summed E-state index contributed by atoms with van der Waals surface area (Å²) in [5, 5.41) is 14.9. The van der Waals surface area contributed by atoms with Gasteiger partial charge in [-0.25, -0.2) is 0 Å². The Morgan fingerprint density at radius 3 is 2.96 bits per heavy atom. The minimum atomic E-state index is -0.0356. The average Bonchev–Trinajstić information content (AvgIpc) is 3.06. The highest BCUT2D eigenvalue weighted by atomic mass is 32.2. The predicted octanol–water partition coefficient (Wildman–Crippen LogP) is 4.38. The summed E-state index contributed by atoms with van der Waals surface area (Å²) in [6.07, 6.45) is 2.79. The van der Waals surface area contributed by atoms with Crippen LogP contribution >= 0.6 is 23.1 Å². The Bertz CT molecular complexity index is 687. The van der Waals surface area contributed by atoms with Crippen LogP contribution in [0, 0.1) is 0 Å². The monoisotopic (exact) mass is 362 g/mol. The van der Waals surface area contributed by atoms with E-state index in [0.29, 0.717) is 18.2 Å². The fraction of sp³-hybridized carbons (Fsp3) is 0.353. The molecule has 0 aliphatic rings. The number of anilines is 2. The molecular weight excluding hydrogens is 340 g/mol. The molecule has 0 aliphatic heterocycles. The maximum absolute atomic E-state index is 12.2. The van der Waals surface area contributed by atoms with Crippen LogP contribution in [0.25, 0.3) is 0 Å². The van der Waals surface area contributed by atoms with Crippen molar-refractivity contribution < 1.29 is 4.79 Å². The number of nitrogens with one attached hydrogen (secondary N) is 2. The van der Waals surface area contributed by atoms with E-state index in [1.54, 1.807) is 6.08 Å². The van der Waals surface area contributed by atoms with Crippen molar-refractivity contribution >= 4 is 39.8 Å². The van der Waals surface area contributed by atoms with Crippen LogP contribution in [0.15, 0.2) is 41.3 Å². The summed E-state index contributed by atoms with van der Waals surface area (Å²) in [5.41, 5.74) is 2.06. The first kappa shape index (κ1) is 18.5. The van der Waals surface area contributed by atoms with Crippen LogP contribution < -0.4 is 10.6 Å². The first-order valence-electron chi connectivity index (χ1n) is 7.83. The first-order valence-corrected chi connectivity index (χ1v) is 9.64. The Labute approximate surface area is 151 Å². The van der Waals surface area contributed by atoms with Crippen molar-refractivity contribution in [1.29, 1.82) is 0 Å². The van der Waals surface area contributed by atoms with Gasteiger partial charge in [0.15, 0.2) is 4.34 Å². The van der Waals surface area contributed by atoms with Crippen LogP contribution in [0.4, 0.5) is 10.8 Å². The van der Waals surface area contributed by atoms with Crippen molar-refractivity contribution in [3.8, 4) is 0 Å². The number of nitrogens with zero attached hydrogens (tertiary/aromatic N) is 2. The maximum atomic E-state index is 12.2. The minimum absolute atomic E-state index is 0.0356. The van der Waals surface area contributed by atoms with E-state index in [4.69, 9.17) is 0 Å². The smallest absolute Gasteiger partial charge is 0.234 e. The van der Waals surface area contributed by atoms with Crippen molar-refractivity contribution in [2.24, 2.45) is 0 Å². The van der Waals surface area contributed by atoms with Gasteiger partial charge in [0.2, 0.25) is 11.0 Å². The number of aromatic nitrogens is 2. The lowest BCUT2D eigenvalue weighted by Crippen LogP contribution is -2.15. The molecule has 7 heteroatoms. The molecule has 1 aromatic carbocycles. The zero-order chi connectivity index (χ0) is 17.4. The van der Waals surface area contributed by atoms with Gasteiger partial charge in [0.25, 0.3) is 0 Å². The molecule has 0 saturated carbocycles. The Kier molecular flexibility index (Phi) is 7.27. The van der Waals surface area contributed by atoms with E-state index in [0.717, 1.165) is 21.6 Å². The van der Waals surface area contributed by atoms with Crippen LogP contribution in [-0.4, -0.2) is 28.4 Å². The van der Waals surface area contributed by atoms with E-state index in [1.165, 1.54) is 28.7 Å². The summed E-state index contributed by atoms with van der Waals surface area (Å²) in [7, 11) is 0. The highest BCUT2D eigenvalue weighted by molar-refractivity contribution is 8.01. The largest absolute Gasteiger partial charge is 0.357 e. The van der Waals surface area contributed by atoms with Crippen LogP contribution in [0.3, 0.4) is 0 Å². The van der Waals surface area contributed by atoms with E-state index < -0.39 is 0 Å². The topological polar surface area (TPSA) is 66.9 Å². The Morgan fingerprint density at radius 2 is 2.21 bits per heavy atom. The van der Waals surface area contributed by atoms with Crippen molar-refractivity contribution in [3.05, 3.63) is 42.5 Å². The number of thioether (sulfide) groups is 1. The third kappa shape index (κ3) is 5.35. The second kappa shape index (κ2) is 9.44. The molecule has 1 atom stereocenters. The number of rotatable bonds is 9. The molecule has 0 radical (unpaired) electrons. The number of benzene rings is 1. The summed E-state index contributed by atoms with van der Waals surface area (Å²) in [6.45, 7) is 8.60. The highest BCUT2D eigenvalue weighted by Crippen LogP contribution is 2.28. The lowest BCUT2D eigenvalue weighted by Gasteiger charge is -2.15. The van der Waals surface area contributed by atoms with Crippen LogP contribution in [0.5, 0.6) is 0 Å². The van der Waals surface area contributed by atoms with Crippen molar-refractivity contribution in [2.45, 2.75) is 30.5 Å². The molecule has 0 bridgehead atoms. The Balaban J connectivity index is 1.90. The van der Waals surface area contributed by atoms with Gasteiger partial charge in [0.05, 0.1) is 5.75 Å². The summed E-state index contributed by atoms with van der Waals surface area (Å²) in [6, 6.07) is 7.97. The fourth-order valence-electron chi connectivity index (χ4n) is 2.07. The van der Waals surface area contributed by atoms with Crippen LogP contribution in [-0.2, 0) is 4.79 Å². The predicted molar refractivity (Wildman–Crippen MR) is 103 cm³/mol. The fourth-order valence-corrected chi connectivity index (χ4v) is 3.63. The molecule has 0 unspecified atom stereocenters. The van der Waals surface area contributed by atoms with Gasteiger partial charge in [-0.1, -0.05) is 61.2 Å². The zero-order valence-corrected chi connectivity index (χ0v) is 15.5. The number of amides is 1. The number of hydrogen-bond donors (Lipinski definition) is 2. The molecule has 1 aromatic heterocycles. The molecule has 24 heavy (non-hydrogen) atoms. The molecule has 1 heterocycles. The summed E-state index contributed by atoms with van der Waals surface area (Å²) in [5.74, 6) is 0.688. The normalized spacial score (nSPS) is 11.8. The van der Waals surface area contributed by atoms with Crippen molar-refractivity contribution in [1.82, 2.24) is 10.2 Å². The highest BCUT2D eigenvalue weighted by Gasteiger charge is 2.12. The second-order valence-corrected chi connectivity index (χ2v) is 7.48. The standard InChI is InChI=1S/C17H22N4OS2/c1-4-10-18-16-20-21-17(24-16)23-11-15(22)19-14-9-7-6-8-13(14)12(3)5-2/h4,6-9,12H,1,5,10-11H2,2-3H3,(H,18,20)(H,19,22)/t12-/m0/s1. The van der Waals surface area contributed by atoms with E-state index in [9.17, 15) is 4.79 Å². The van der Waals surface area contributed by atoms with Crippen LogP contribution in [0.2, 0.25) is 0 Å². The van der Waals surface area contributed by atoms with Crippen molar-refractivity contribution in [3.63, 3.8) is 0 Å². The summed E-state index contributed by atoms with van der Waals surface area (Å²) >= 11 is 2.82. The molecule has 2 aromatic rings. The number of hydrogen-bond acceptors (Lipinski definition) is 6. The third-order valence-electron chi connectivity index (χ3n) is 3.51. The molecule has 5 nitrogen and oxygen atoms in total. The Morgan fingerprint density at radius 1 is 1.42 bits per heavy atom. The molecule has 0 fully saturated rings. The molecule has 0 aliphatic carbocycles. The summed E-state index contributed by atoms with van der Waals surface area (Å²) in [4.78, 5) is 12.2. The molecule has 2 rings (SSSR count). The van der Waals surface area contributed by atoms with Crippen molar-refractivity contribution in [2.75, 3.05) is 22.9 Å². The van der Waals surface area contributed by atoms with E-state index >= 15 is 0 Å². The quantitative estimate of drug-likeness (QED) is 0.512. The lowest BCUT2D eigenvalue weighted by molar-refractivity contribution is -0.113. The van der Waals surface area contributed by atoms with Gasteiger partial charge >= 0.3 is 0 Å². The molecular formula is C17H22N4OS2. The van der Waals surface area contributed by atoms with E-state index in [2.05, 4.69) is 47.3 Å².